The molecule has 15 heavy (non-hydrogen) atoms. The molecule has 1 saturated heterocycles. The van der Waals surface area contributed by atoms with Crippen molar-refractivity contribution in [3.8, 4) is 0 Å². The van der Waals surface area contributed by atoms with E-state index in [0.717, 1.165) is 25.0 Å². The molecule has 1 aliphatic heterocycles. The highest BCUT2D eigenvalue weighted by Crippen LogP contribution is 2.26. The summed E-state index contributed by atoms with van der Waals surface area (Å²) in [5.41, 5.74) is 0. The second-order valence-corrected chi connectivity index (χ2v) is 4.85. The van der Waals surface area contributed by atoms with E-state index in [1.807, 2.05) is 0 Å². The lowest BCUT2D eigenvalue weighted by molar-refractivity contribution is 0.0598. The van der Waals surface area contributed by atoms with Gasteiger partial charge >= 0.3 is 0 Å². The predicted molar refractivity (Wildman–Crippen MR) is 65.6 cm³/mol. The Hall–Kier alpha value is 0.210. The maximum Gasteiger partial charge on any atom is 0.0494 e. The standard InChI is InChI=1S/C12H23NO.ClH/c1-2-12(3-1)10-14-9-6-11-4-7-13-8-5-11;/h11-13H,1-10H2;1H. The van der Waals surface area contributed by atoms with E-state index in [-0.39, 0.29) is 12.4 Å². The van der Waals surface area contributed by atoms with Crippen LogP contribution in [0.25, 0.3) is 0 Å². The molecule has 1 N–H and O–H groups in total. The molecule has 0 radical (unpaired) electrons. The Kier molecular flexibility index (Phi) is 6.62. The number of nitrogens with one attached hydrogen (secondary N) is 1. The van der Waals surface area contributed by atoms with Crippen LogP contribution in [-0.2, 0) is 4.74 Å². The maximum atomic E-state index is 5.72. The molecule has 0 atom stereocenters. The molecule has 3 heteroatoms. The summed E-state index contributed by atoms with van der Waals surface area (Å²) in [6.45, 7) is 4.46. The Bertz CT molecular complexity index is 156. The zero-order valence-electron chi connectivity index (χ0n) is 9.54. The van der Waals surface area contributed by atoms with Crippen LogP contribution in [0.1, 0.15) is 38.5 Å². The highest BCUT2D eigenvalue weighted by molar-refractivity contribution is 5.85. The molecule has 1 aliphatic carbocycles. The molecule has 2 aliphatic rings. The minimum absolute atomic E-state index is 0. The SMILES string of the molecule is C1CC(COCCC2CCNCC2)C1.Cl. The third-order valence-corrected chi connectivity index (χ3v) is 3.71. The molecule has 1 heterocycles. The third-order valence-electron chi connectivity index (χ3n) is 3.71. The van der Waals surface area contributed by atoms with Crippen molar-refractivity contribution < 1.29 is 4.74 Å². The van der Waals surface area contributed by atoms with Crippen LogP contribution in [0.4, 0.5) is 0 Å². The first-order valence-corrected chi connectivity index (χ1v) is 6.23. The number of piperidine rings is 1. The molecule has 90 valence electrons. The summed E-state index contributed by atoms with van der Waals surface area (Å²) in [6, 6.07) is 0. The van der Waals surface area contributed by atoms with Gasteiger partial charge in [0.05, 0.1) is 0 Å². The van der Waals surface area contributed by atoms with Crippen LogP contribution in [0.5, 0.6) is 0 Å². The molecule has 2 fully saturated rings. The Morgan fingerprint density at radius 2 is 1.73 bits per heavy atom. The third kappa shape index (κ3) is 4.71. The first-order chi connectivity index (χ1) is 6.95. The summed E-state index contributed by atoms with van der Waals surface area (Å²) >= 11 is 0. The molecule has 1 saturated carbocycles. The highest BCUT2D eigenvalue weighted by Gasteiger charge is 2.17. The largest absolute Gasteiger partial charge is 0.381 e. The average Bonchev–Trinajstić information content (AvgIpc) is 2.16. The van der Waals surface area contributed by atoms with E-state index >= 15 is 0 Å². The van der Waals surface area contributed by atoms with E-state index < -0.39 is 0 Å². The van der Waals surface area contributed by atoms with Gasteiger partial charge in [-0.15, -0.1) is 12.4 Å². The predicted octanol–water partition coefficient (Wildman–Crippen LogP) is 2.61. The zero-order valence-corrected chi connectivity index (χ0v) is 10.4. The molecule has 0 aromatic heterocycles. The fourth-order valence-corrected chi connectivity index (χ4v) is 2.33. The number of hydrogen-bond donors (Lipinski definition) is 1. The Morgan fingerprint density at radius 1 is 1.00 bits per heavy atom. The van der Waals surface area contributed by atoms with Gasteiger partial charge in [-0.1, -0.05) is 6.42 Å². The normalized spacial score (nSPS) is 23.2. The van der Waals surface area contributed by atoms with Crippen molar-refractivity contribution in [2.24, 2.45) is 11.8 Å². The molecule has 0 spiro atoms. The molecule has 0 bridgehead atoms. The monoisotopic (exact) mass is 233 g/mol. The first kappa shape index (κ1) is 13.3. The summed E-state index contributed by atoms with van der Waals surface area (Å²) in [5, 5.41) is 3.40. The number of halogens is 1. The minimum Gasteiger partial charge on any atom is -0.381 e. The van der Waals surface area contributed by atoms with E-state index in [1.165, 1.54) is 51.6 Å². The van der Waals surface area contributed by atoms with Gasteiger partial charge in [0.2, 0.25) is 0 Å². The van der Waals surface area contributed by atoms with E-state index in [1.54, 1.807) is 0 Å². The van der Waals surface area contributed by atoms with Gasteiger partial charge in [0, 0.05) is 13.2 Å². The zero-order chi connectivity index (χ0) is 9.64. The van der Waals surface area contributed by atoms with Crippen molar-refractivity contribution in [1.29, 1.82) is 0 Å². The summed E-state index contributed by atoms with van der Waals surface area (Å²) in [4.78, 5) is 0. The Labute approximate surface area is 99.6 Å². The molecule has 2 rings (SSSR count). The van der Waals surface area contributed by atoms with Crippen LogP contribution in [-0.4, -0.2) is 26.3 Å². The Balaban J connectivity index is 0.00000112. The highest BCUT2D eigenvalue weighted by atomic mass is 35.5. The summed E-state index contributed by atoms with van der Waals surface area (Å²) in [6.07, 6.45) is 8.25. The van der Waals surface area contributed by atoms with Crippen LogP contribution in [0, 0.1) is 11.8 Å². The van der Waals surface area contributed by atoms with Gasteiger partial charge < -0.3 is 10.1 Å². The molecule has 2 nitrogen and oxygen atoms in total. The first-order valence-electron chi connectivity index (χ1n) is 6.23. The van der Waals surface area contributed by atoms with Gasteiger partial charge in [0.15, 0.2) is 0 Å². The lowest BCUT2D eigenvalue weighted by Crippen LogP contribution is -2.28. The molecule has 0 amide bonds. The van der Waals surface area contributed by atoms with Crippen molar-refractivity contribution in [3.63, 3.8) is 0 Å². The van der Waals surface area contributed by atoms with E-state index in [2.05, 4.69) is 5.32 Å². The van der Waals surface area contributed by atoms with Gasteiger partial charge in [0.25, 0.3) is 0 Å². The van der Waals surface area contributed by atoms with E-state index in [0.29, 0.717) is 0 Å². The number of ether oxygens (including phenoxy) is 1. The van der Waals surface area contributed by atoms with Crippen molar-refractivity contribution in [2.75, 3.05) is 26.3 Å². The smallest absolute Gasteiger partial charge is 0.0494 e. The topological polar surface area (TPSA) is 21.3 Å². The summed E-state index contributed by atoms with van der Waals surface area (Å²) < 4.78 is 5.72. The molecule has 0 unspecified atom stereocenters. The maximum absolute atomic E-state index is 5.72. The van der Waals surface area contributed by atoms with Gasteiger partial charge in [-0.05, 0) is 57.0 Å². The summed E-state index contributed by atoms with van der Waals surface area (Å²) in [5.74, 6) is 1.83. The van der Waals surface area contributed by atoms with Crippen LogP contribution in [0.15, 0.2) is 0 Å². The minimum atomic E-state index is 0. The molecule has 0 aromatic rings. The van der Waals surface area contributed by atoms with Gasteiger partial charge in [0.1, 0.15) is 0 Å². The summed E-state index contributed by atoms with van der Waals surface area (Å²) in [7, 11) is 0. The fraction of sp³-hybridized carbons (Fsp3) is 1.00. The Morgan fingerprint density at radius 3 is 2.33 bits per heavy atom. The van der Waals surface area contributed by atoms with Crippen molar-refractivity contribution in [1.82, 2.24) is 5.32 Å². The van der Waals surface area contributed by atoms with E-state index in [4.69, 9.17) is 4.74 Å². The second-order valence-electron chi connectivity index (χ2n) is 4.85. The second kappa shape index (κ2) is 7.48. The molecular formula is C12H24ClNO. The average molecular weight is 234 g/mol. The van der Waals surface area contributed by atoms with Gasteiger partial charge in [-0.3, -0.25) is 0 Å². The van der Waals surface area contributed by atoms with Gasteiger partial charge in [-0.2, -0.15) is 0 Å². The molecule has 0 aromatic carbocycles. The lowest BCUT2D eigenvalue weighted by atomic mass is 9.86. The van der Waals surface area contributed by atoms with Crippen LogP contribution in [0.3, 0.4) is 0 Å². The number of rotatable bonds is 5. The van der Waals surface area contributed by atoms with Crippen LogP contribution < -0.4 is 5.32 Å². The lowest BCUT2D eigenvalue weighted by Gasteiger charge is -2.26. The van der Waals surface area contributed by atoms with E-state index in [9.17, 15) is 0 Å². The molecular weight excluding hydrogens is 210 g/mol. The van der Waals surface area contributed by atoms with Crippen molar-refractivity contribution in [2.45, 2.75) is 38.5 Å². The van der Waals surface area contributed by atoms with Gasteiger partial charge in [-0.25, -0.2) is 0 Å². The van der Waals surface area contributed by atoms with Crippen LogP contribution >= 0.6 is 12.4 Å². The quantitative estimate of drug-likeness (QED) is 0.738. The number of hydrogen-bond acceptors (Lipinski definition) is 2. The van der Waals surface area contributed by atoms with Crippen molar-refractivity contribution in [3.05, 3.63) is 0 Å². The fourth-order valence-electron chi connectivity index (χ4n) is 2.33. The van der Waals surface area contributed by atoms with Crippen molar-refractivity contribution >= 4 is 12.4 Å². The van der Waals surface area contributed by atoms with Crippen LogP contribution in [0.2, 0.25) is 0 Å².